The molecule has 0 radical (unpaired) electrons. The van der Waals surface area contributed by atoms with Crippen LogP contribution in [0.1, 0.15) is 81.3 Å². The van der Waals surface area contributed by atoms with Crippen molar-refractivity contribution < 1.29 is 4.52 Å². The predicted octanol–water partition coefficient (Wildman–Crippen LogP) is 8.44. The van der Waals surface area contributed by atoms with Gasteiger partial charge in [0.1, 0.15) is 0 Å². The normalized spacial score (nSPS) is 24.4. The minimum absolute atomic E-state index is 0.0448. The highest BCUT2D eigenvalue weighted by atomic mass is 31.2. The van der Waals surface area contributed by atoms with E-state index in [1.807, 2.05) is 0 Å². The van der Waals surface area contributed by atoms with E-state index in [-0.39, 0.29) is 6.10 Å². The minimum atomic E-state index is -0.945. The van der Waals surface area contributed by atoms with Crippen molar-refractivity contribution >= 4 is 8.45 Å². The highest BCUT2D eigenvalue weighted by Crippen LogP contribution is 2.65. The van der Waals surface area contributed by atoms with Crippen LogP contribution in [0.5, 0.6) is 0 Å². The molecule has 34 heavy (non-hydrogen) atoms. The van der Waals surface area contributed by atoms with E-state index >= 15 is 0 Å². The van der Waals surface area contributed by atoms with Crippen LogP contribution in [0.4, 0.5) is 0 Å². The molecule has 1 heterocycles. The summed E-state index contributed by atoms with van der Waals surface area (Å²) in [5.41, 5.74) is 4.01. The van der Waals surface area contributed by atoms with Gasteiger partial charge in [-0.05, 0) is 50.3 Å². The lowest BCUT2D eigenvalue weighted by Gasteiger charge is -2.38. The van der Waals surface area contributed by atoms with Gasteiger partial charge < -0.3 is 4.52 Å². The molecule has 5 rings (SSSR count). The molecule has 0 N–H and O–H groups in total. The first kappa shape index (κ1) is 23.7. The third-order valence-corrected chi connectivity index (χ3v) is 10.2. The summed E-state index contributed by atoms with van der Waals surface area (Å²) >= 11 is 0. The molecule has 5 atom stereocenters. The predicted molar refractivity (Wildman–Crippen MR) is 142 cm³/mol. The van der Waals surface area contributed by atoms with Gasteiger partial charge >= 0.3 is 0 Å². The highest BCUT2D eigenvalue weighted by Gasteiger charge is 2.53. The third kappa shape index (κ3) is 4.72. The van der Waals surface area contributed by atoms with Crippen molar-refractivity contribution in [3.8, 4) is 0 Å². The molecule has 1 aliphatic heterocycles. The lowest BCUT2D eigenvalue weighted by molar-refractivity contribution is 0.166. The van der Waals surface area contributed by atoms with Crippen LogP contribution < -0.4 is 0 Å². The summed E-state index contributed by atoms with van der Waals surface area (Å²) < 4.78 is 12.6. The van der Waals surface area contributed by atoms with Gasteiger partial charge in [-0.2, -0.15) is 0 Å². The Morgan fingerprint density at radius 2 is 1.00 bits per heavy atom. The zero-order chi connectivity index (χ0) is 23.5. The smallest absolute Gasteiger partial charge is 0.190 e. The molecule has 4 heteroatoms. The number of hydrogen-bond acceptors (Lipinski definition) is 3. The van der Waals surface area contributed by atoms with E-state index in [2.05, 4.69) is 121 Å². The van der Waals surface area contributed by atoms with Crippen molar-refractivity contribution in [1.29, 1.82) is 0 Å². The maximum atomic E-state index is 7.12. The Morgan fingerprint density at radius 1 is 0.618 bits per heavy atom. The molecule has 3 nitrogen and oxygen atoms in total. The van der Waals surface area contributed by atoms with Gasteiger partial charge in [-0.25, -0.2) is 9.34 Å². The molecule has 3 aromatic rings. The molecule has 0 bridgehead atoms. The van der Waals surface area contributed by atoms with Crippen LogP contribution in [0.3, 0.4) is 0 Å². The van der Waals surface area contributed by atoms with Gasteiger partial charge in [0.2, 0.25) is 0 Å². The molecule has 178 valence electrons. The Morgan fingerprint density at radius 3 is 1.41 bits per heavy atom. The van der Waals surface area contributed by atoms with Gasteiger partial charge in [0, 0.05) is 24.2 Å². The van der Waals surface area contributed by atoms with Crippen molar-refractivity contribution in [3.05, 3.63) is 108 Å². The van der Waals surface area contributed by atoms with Crippen LogP contribution in [0.15, 0.2) is 91.0 Å². The molecule has 2 aliphatic rings. The molecule has 1 unspecified atom stereocenters. The van der Waals surface area contributed by atoms with E-state index in [4.69, 9.17) is 4.52 Å². The fraction of sp³-hybridized carbons (Fsp3) is 0.400. The summed E-state index contributed by atoms with van der Waals surface area (Å²) in [6.45, 7) is 6.98. The topological polar surface area (TPSA) is 15.7 Å². The van der Waals surface area contributed by atoms with E-state index in [1.54, 1.807) is 0 Å². The van der Waals surface area contributed by atoms with Crippen LogP contribution in [-0.4, -0.2) is 21.4 Å². The number of nitrogens with zero attached hydrogens (tertiary/aromatic N) is 2. The SMILES string of the molecule is CC(OP1N([C@@H](C)c2ccccc2)[C@H]2CCCC[C@@H]2N1[C@@H](C)c1ccccc1)c1ccccc1. The molecule has 1 saturated heterocycles. The molecule has 0 spiro atoms. The molecule has 0 aromatic heterocycles. The van der Waals surface area contributed by atoms with Crippen LogP contribution in [0.2, 0.25) is 0 Å². The summed E-state index contributed by atoms with van der Waals surface area (Å²) in [6.07, 6.45) is 5.17. The third-order valence-electron chi connectivity index (χ3n) is 7.65. The second-order valence-electron chi connectivity index (χ2n) is 9.76. The molecule has 3 aromatic carbocycles. The summed E-state index contributed by atoms with van der Waals surface area (Å²) in [5.74, 6) is 0. The Bertz CT molecular complexity index is 970. The monoisotopic (exact) mass is 472 g/mol. The van der Waals surface area contributed by atoms with E-state index in [9.17, 15) is 0 Å². The summed E-state index contributed by atoms with van der Waals surface area (Å²) in [5, 5.41) is 0. The zero-order valence-electron chi connectivity index (χ0n) is 20.6. The zero-order valence-corrected chi connectivity index (χ0v) is 21.5. The number of rotatable bonds is 7. The Hall–Kier alpha value is -2.03. The van der Waals surface area contributed by atoms with E-state index < -0.39 is 8.45 Å². The standard InChI is InChI=1S/C30H37N2OP/c1-23(26-15-7-4-8-16-26)31-29-21-13-14-22-30(29)32(24(2)27-17-9-5-10-18-27)34(31)33-25(3)28-19-11-6-12-20-28/h4-12,15-20,23-25,29-30H,13-14,21-22H2,1-3H3/t23-,24-,25?,29-,30-/m0/s1. The van der Waals surface area contributed by atoms with Gasteiger partial charge in [0.25, 0.3) is 0 Å². The van der Waals surface area contributed by atoms with Crippen molar-refractivity contribution in [1.82, 2.24) is 9.34 Å². The maximum absolute atomic E-state index is 7.12. The van der Waals surface area contributed by atoms with Gasteiger partial charge in [-0.3, -0.25) is 0 Å². The summed E-state index contributed by atoms with van der Waals surface area (Å²) in [7, 11) is -0.945. The Kier molecular flexibility index (Phi) is 7.46. The van der Waals surface area contributed by atoms with Crippen molar-refractivity contribution in [2.24, 2.45) is 0 Å². The summed E-state index contributed by atoms with van der Waals surface area (Å²) in [6, 6.07) is 34.4. The molecular formula is C30H37N2OP. The van der Waals surface area contributed by atoms with Crippen molar-refractivity contribution in [3.63, 3.8) is 0 Å². The van der Waals surface area contributed by atoms with E-state index in [1.165, 1.54) is 42.4 Å². The van der Waals surface area contributed by atoms with E-state index in [0.717, 1.165) is 0 Å². The lowest BCUT2D eigenvalue weighted by Crippen LogP contribution is -2.41. The summed E-state index contributed by atoms with van der Waals surface area (Å²) in [4.78, 5) is 0. The molecule has 1 saturated carbocycles. The molecule has 1 aliphatic carbocycles. The van der Waals surface area contributed by atoms with Crippen LogP contribution >= 0.6 is 8.45 Å². The minimum Gasteiger partial charge on any atom is -0.323 e. The van der Waals surface area contributed by atoms with E-state index in [0.29, 0.717) is 24.2 Å². The molecule has 2 fully saturated rings. The first-order chi connectivity index (χ1) is 16.6. The molecular weight excluding hydrogens is 435 g/mol. The second-order valence-corrected chi connectivity index (χ2v) is 11.4. The quantitative estimate of drug-likeness (QED) is 0.321. The van der Waals surface area contributed by atoms with Crippen LogP contribution in [0, 0.1) is 0 Å². The highest BCUT2D eigenvalue weighted by molar-refractivity contribution is 7.47. The fourth-order valence-corrected chi connectivity index (χ4v) is 8.52. The molecule has 0 amide bonds. The van der Waals surface area contributed by atoms with Gasteiger partial charge in [-0.15, -0.1) is 0 Å². The van der Waals surface area contributed by atoms with Crippen molar-refractivity contribution in [2.45, 2.75) is 76.7 Å². The number of hydrogen-bond donors (Lipinski definition) is 0. The van der Waals surface area contributed by atoms with Crippen LogP contribution in [0.25, 0.3) is 0 Å². The van der Waals surface area contributed by atoms with Gasteiger partial charge in [-0.1, -0.05) is 104 Å². The number of fused-ring (bicyclic) bond motifs is 1. The average molecular weight is 473 g/mol. The number of benzene rings is 3. The largest absolute Gasteiger partial charge is 0.323 e. The second kappa shape index (κ2) is 10.7. The Balaban J connectivity index is 1.54. The first-order valence-electron chi connectivity index (χ1n) is 12.8. The van der Waals surface area contributed by atoms with Gasteiger partial charge in [0.15, 0.2) is 8.45 Å². The van der Waals surface area contributed by atoms with Crippen molar-refractivity contribution in [2.75, 3.05) is 0 Å². The Labute approximate surface area is 206 Å². The average Bonchev–Trinajstić information content (AvgIpc) is 3.22. The van der Waals surface area contributed by atoms with Crippen LogP contribution in [-0.2, 0) is 4.52 Å². The first-order valence-corrected chi connectivity index (χ1v) is 14.0. The van der Waals surface area contributed by atoms with Gasteiger partial charge in [0.05, 0.1) is 6.10 Å². The lowest BCUT2D eigenvalue weighted by atomic mass is 9.88. The fourth-order valence-electron chi connectivity index (χ4n) is 5.76. The maximum Gasteiger partial charge on any atom is 0.190 e.